The molecule has 0 fully saturated rings. The van der Waals surface area contributed by atoms with E-state index in [1.54, 1.807) is 0 Å². The van der Waals surface area contributed by atoms with Crippen LogP contribution in [0.5, 0.6) is 0 Å². The molecule has 0 unspecified atom stereocenters. The third-order valence-corrected chi connectivity index (χ3v) is 5.90. The summed E-state index contributed by atoms with van der Waals surface area (Å²) >= 11 is 12.3. The van der Waals surface area contributed by atoms with Crippen LogP contribution in [0.2, 0.25) is 10.0 Å². The van der Waals surface area contributed by atoms with E-state index in [1.165, 1.54) is 34.2 Å². The van der Waals surface area contributed by atoms with E-state index in [2.05, 4.69) is 49.4 Å². The summed E-state index contributed by atoms with van der Waals surface area (Å²) in [7, 11) is 0. The number of fused-ring (bicyclic) bond motifs is 1. The molecule has 0 N–H and O–H groups in total. The van der Waals surface area contributed by atoms with Gasteiger partial charge >= 0.3 is 0 Å². The van der Waals surface area contributed by atoms with Crippen LogP contribution in [0, 0.1) is 6.92 Å². The Labute approximate surface area is 159 Å². The lowest BCUT2D eigenvalue weighted by Crippen LogP contribution is -2.33. The summed E-state index contributed by atoms with van der Waals surface area (Å²) in [6.07, 6.45) is 3.40. The van der Waals surface area contributed by atoms with E-state index in [1.807, 2.05) is 24.3 Å². The van der Waals surface area contributed by atoms with Gasteiger partial charge in [0.2, 0.25) is 0 Å². The highest BCUT2D eigenvalue weighted by atomic mass is 35.5. The maximum atomic E-state index is 6.17. The Morgan fingerprint density at radius 2 is 1.32 bits per heavy atom. The standard InChI is InChI=1S/C23H20Cl2/c1-16-4-5-17-3-2-14-23(22(17)15-16,18-6-10-20(24)11-7-18)19-8-12-21(25)13-9-19/h4-13,15H,2-3,14H2,1H3. The number of rotatable bonds is 2. The second-order valence-electron chi connectivity index (χ2n) is 6.93. The average Bonchev–Trinajstić information content (AvgIpc) is 2.62. The summed E-state index contributed by atoms with van der Waals surface area (Å²) < 4.78 is 0. The Kier molecular flexibility index (Phi) is 4.35. The maximum Gasteiger partial charge on any atom is 0.0454 e. The fraction of sp³-hybridized carbons (Fsp3) is 0.217. The third-order valence-electron chi connectivity index (χ3n) is 5.40. The topological polar surface area (TPSA) is 0 Å². The predicted molar refractivity (Wildman–Crippen MR) is 107 cm³/mol. The van der Waals surface area contributed by atoms with Crippen molar-refractivity contribution in [2.75, 3.05) is 0 Å². The van der Waals surface area contributed by atoms with Crippen LogP contribution in [0.25, 0.3) is 0 Å². The van der Waals surface area contributed by atoms with Gasteiger partial charge in [0.15, 0.2) is 0 Å². The van der Waals surface area contributed by atoms with Gasteiger partial charge in [0, 0.05) is 15.5 Å². The molecule has 0 saturated carbocycles. The molecule has 126 valence electrons. The fourth-order valence-corrected chi connectivity index (χ4v) is 4.47. The Bertz CT molecular complexity index is 847. The summed E-state index contributed by atoms with van der Waals surface area (Å²) in [6, 6.07) is 23.6. The number of hydrogen-bond acceptors (Lipinski definition) is 0. The second-order valence-corrected chi connectivity index (χ2v) is 7.81. The third kappa shape index (κ3) is 2.88. The van der Waals surface area contributed by atoms with Crippen molar-refractivity contribution < 1.29 is 0 Å². The molecule has 0 nitrogen and oxygen atoms in total. The van der Waals surface area contributed by atoms with Crippen LogP contribution in [0.3, 0.4) is 0 Å². The molecule has 1 aliphatic carbocycles. The molecule has 0 amide bonds. The summed E-state index contributed by atoms with van der Waals surface area (Å²) in [6.45, 7) is 2.17. The van der Waals surface area contributed by atoms with E-state index < -0.39 is 0 Å². The minimum Gasteiger partial charge on any atom is -0.0843 e. The summed E-state index contributed by atoms with van der Waals surface area (Å²) in [4.78, 5) is 0. The lowest BCUT2D eigenvalue weighted by molar-refractivity contribution is 0.497. The number of aryl methyl sites for hydroxylation is 2. The van der Waals surface area contributed by atoms with E-state index >= 15 is 0 Å². The zero-order chi connectivity index (χ0) is 17.4. The van der Waals surface area contributed by atoms with E-state index in [4.69, 9.17) is 23.2 Å². The van der Waals surface area contributed by atoms with Crippen LogP contribution in [-0.4, -0.2) is 0 Å². The Hall–Kier alpha value is -1.76. The Morgan fingerprint density at radius 1 is 0.760 bits per heavy atom. The molecule has 1 aliphatic rings. The zero-order valence-electron chi connectivity index (χ0n) is 14.2. The molecule has 0 aliphatic heterocycles. The SMILES string of the molecule is Cc1ccc2c(c1)C(c1ccc(Cl)cc1)(c1ccc(Cl)cc1)CCC2. The highest BCUT2D eigenvalue weighted by Crippen LogP contribution is 2.48. The lowest BCUT2D eigenvalue weighted by Gasteiger charge is -2.41. The lowest BCUT2D eigenvalue weighted by atomic mass is 9.62. The van der Waals surface area contributed by atoms with Gasteiger partial charge in [-0.3, -0.25) is 0 Å². The molecule has 0 saturated heterocycles. The van der Waals surface area contributed by atoms with Gasteiger partial charge in [-0.2, -0.15) is 0 Å². The molecule has 0 atom stereocenters. The molecule has 0 aromatic heterocycles. The fourth-order valence-electron chi connectivity index (χ4n) is 4.22. The first kappa shape index (κ1) is 16.7. The van der Waals surface area contributed by atoms with Gasteiger partial charge in [0.05, 0.1) is 0 Å². The Morgan fingerprint density at radius 3 is 1.88 bits per heavy atom. The zero-order valence-corrected chi connectivity index (χ0v) is 15.7. The van der Waals surface area contributed by atoms with Crippen molar-refractivity contribution in [3.8, 4) is 0 Å². The first-order valence-corrected chi connectivity index (χ1v) is 9.47. The molecular formula is C23H20Cl2. The smallest absolute Gasteiger partial charge is 0.0454 e. The highest BCUT2D eigenvalue weighted by Gasteiger charge is 2.39. The predicted octanol–water partition coefficient (Wildman–Crippen LogP) is 6.97. The first-order valence-electron chi connectivity index (χ1n) is 8.72. The molecular weight excluding hydrogens is 347 g/mol. The van der Waals surface area contributed by atoms with E-state index in [9.17, 15) is 0 Å². The van der Waals surface area contributed by atoms with Gasteiger partial charge < -0.3 is 0 Å². The van der Waals surface area contributed by atoms with E-state index in [-0.39, 0.29) is 5.41 Å². The van der Waals surface area contributed by atoms with Crippen LogP contribution in [0.15, 0.2) is 66.7 Å². The Balaban J connectivity index is 2.03. The second kappa shape index (κ2) is 6.52. The molecule has 4 rings (SSSR count). The molecule has 0 radical (unpaired) electrons. The first-order chi connectivity index (χ1) is 12.1. The summed E-state index contributed by atoms with van der Waals surface area (Å²) in [5.74, 6) is 0. The molecule has 0 bridgehead atoms. The molecule has 2 heteroatoms. The van der Waals surface area contributed by atoms with Crippen LogP contribution in [-0.2, 0) is 11.8 Å². The van der Waals surface area contributed by atoms with Crippen molar-refractivity contribution in [3.63, 3.8) is 0 Å². The normalized spacial score (nSPS) is 15.6. The van der Waals surface area contributed by atoms with Crippen molar-refractivity contribution in [2.45, 2.75) is 31.6 Å². The van der Waals surface area contributed by atoms with Gasteiger partial charge in [-0.1, -0.05) is 71.2 Å². The molecule has 0 spiro atoms. The van der Waals surface area contributed by atoms with Gasteiger partial charge in [0.25, 0.3) is 0 Å². The number of benzene rings is 3. The van der Waals surface area contributed by atoms with Crippen molar-refractivity contribution in [1.82, 2.24) is 0 Å². The van der Waals surface area contributed by atoms with E-state index in [0.29, 0.717) is 0 Å². The maximum absolute atomic E-state index is 6.17. The quantitative estimate of drug-likeness (QED) is 0.459. The van der Waals surface area contributed by atoms with Gasteiger partial charge in [-0.15, -0.1) is 0 Å². The van der Waals surface area contributed by atoms with Crippen molar-refractivity contribution >= 4 is 23.2 Å². The molecule has 3 aromatic carbocycles. The average molecular weight is 367 g/mol. The minimum atomic E-state index is -0.144. The van der Waals surface area contributed by atoms with Crippen molar-refractivity contribution in [1.29, 1.82) is 0 Å². The van der Waals surface area contributed by atoms with Crippen LogP contribution < -0.4 is 0 Å². The summed E-state index contributed by atoms with van der Waals surface area (Å²) in [5, 5.41) is 1.55. The molecule has 25 heavy (non-hydrogen) atoms. The van der Waals surface area contributed by atoms with Gasteiger partial charge in [-0.25, -0.2) is 0 Å². The van der Waals surface area contributed by atoms with E-state index in [0.717, 1.165) is 22.9 Å². The van der Waals surface area contributed by atoms with Crippen molar-refractivity contribution in [3.05, 3.63) is 105 Å². The van der Waals surface area contributed by atoms with Gasteiger partial charge in [0.1, 0.15) is 0 Å². The van der Waals surface area contributed by atoms with Crippen LogP contribution in [0.1, 0.15) is 40.7 Å². The minimum absolute atomic E-state index is 0.144. The van der Waals surface area contributed by atoms with Gasteiger partial charge in [-0.05, 0) is 72.7 Å². The summed E-state index contributed by atoms with van der Waals surface area (Å²) in [5.41, 5.74) is 6.61. The highest BCUT2D eigenvalue weighted by molar-refractivity contribution is 6.30. The van der Waals surface area contributed by atoms with Crippen molar-refractivity contribution in [2.24, 2.45) is 0 Å². The molecule has 3 aromatic rings. The van der Waals surface area contributed by atoms with Crippen LogP contribution >= 0.6 is 23.2 Å². The monoisotopic (exact) mass is 366 g/mol. The number of halogens is 2. The largest absolute Gasteiger partial charge is 0.0843 e. The number of hydrogen-bond donors (Lipinski definition) is 0. The molecule has 0 heterocycles. The van der Waals surface area contributed by atoms with Crippen LogP contribution in [0.4, 0.5) is 0 Å².